The smallest absolute Gasteiger partial charge is 0.279 e. The predicted molar refractivity (Wildman–Crippen MR) is 138 cm³/mol. The molecule has 3 aromatic rings. The molecule has 0 radical (unpaired) electrons. The third-order valence-electron chi connectivity index (χ3n) is 6.30. The van der Waals surface area contributed by atoms with E-state index in [2.05, 4.69) is 10.9 Å². The van der Waals surface area contributed by atoms with Crippen LogP contribution in [0.5, 0.6) is 0 Å². The van der Waals surface area contributed by atoms with Crippen molar-refractivity contribution < 1.29 is 21.6 Å². The standard InChI is InChI=1S/C24H26N4O5S3/c1-3-15-28-21-14-13-20(35(25,30)31)16-22(21)34-24(28)26-23(29)17-9-11-19(12-10-17)36(32,33)27(2)18-7-5-4-6-8-18/h1,9-14,16,18H,4-8,15H2,2H3,(H2,25,30,31). The first kappa shape index (κ1) is 26.2. The maximum absolute atomic E-state index is 13.1. The first-order valence-corrected chi connectivity index (χ1v) is 15.1. The van der Waals surface area contributed by atoms with Crippen LogP contribution in [-0.2, 0) is 26.6 Å². The van der Waals surface area contributed by atoms with E-state index >= 15 is 0 Å². The molecule has 1 saturated carbocycles. The normalized spacial score (nSPS) is 15.9. The van der Waals surface area contributed by atoms with Crippen molar-refractivity contribution in [2.24, 2.45) is 10.1 Å². The molecule has 4 rings (SSSR count). The van der Waals surface area contributed by atoms with Gasteiger partial charge in [-0.25, -0.2) is 22.0 Å². The van der Waals surface area contributed by atoms with E-state index in [1.807, 2.05) is 0 Å². The predicted octanol–water partition coefficient (Wildman–Crippen LogP) is 2.68. The molecular formula is C24H26N4O5S3. The van der Waals surface area contributed by atoms with Crippen molar-refractivity contribution in [1.29, 1.82) is 0 Å². The van der Waals surface area contributed by atoms with Crippen LogP contribution < -0.4 is 9.94 Å². The molecule has 190 valence electrons. The number of carbonyl (C=O) groups is 1. The molecule has 0 saturated heterocycles. The third-order valence-corrected chi connectivity index (χ3v) is 10.2. The van der Waals surface area contributed by atoms with Gasteiger partial charge in [-0.15, -0.1) is 6.42 Å². The van der Waals surface area contributed by atoms with E-state index in [1.165, 1.54) is 40.7 Å². The number of hydrogen-bond donors (Lipinski definition) is 1. The second kappa shape index (κ2) is 10.3. The van der Waals surface area contributed by atoms with Gasteiger partial charge in [0.25, 0.3) is 5.91 Å². The molecule has 36 heavy (non-hydrogen) atoms. The highest BCUT2D eigenvalue weighted by Crippen LogP contribution is 2.27. The minimum Gasteiger partial charge on any atom is -0.305 e. The number of fused-ring (bicyclic) bond motifs is 1. The van der Waals surface area contributed by atoms with Gasteiger partial charge in [0.05, 0.1) is 26.6 Å². The average Bonchev–Trinajstić information content (AvgIpc) is 3.20. The number of sulfonamides is 2. The van der Waals surface area contributed by atoms with Crippen molar-refractivity contribution in [2.75, 3.05) is 7.05 Å². The lowest BCUT2D eigenvalue weighted by atomic mass is 9.96. The van der Waals surface area contributed by atoms with E-state index in [1.54, 1.807) is 17.7 Å². The zero-order chi connectivity index (χ0) is 26.1. The van der Waals surface area contributed by atoms with E-state index in [0.717, 1.165) is 43.4 Å². The average molecular weight is 547 g/mol. The number of nitrogens with zero attached hydrogens (tertiary/aromatic N) is 3. The largest absolute Gasteiger partial charge is 0.305 e. The van der Waals surface area contributed by atoms with Crippen molar-refractivity contribution >= 4 is 47.5 Å². The van der Waals surface area contributed by atoms with Crippen LogP contribution in [0.15, 0.2) is 57.2 Å². The number of amides is 1. The maximum Gasteiger partial charge on any atom is 0.279 e. The summed E-state index contributed by atoms with van der Waals surface area (Å²) < 4.78 is 53.2. The molecule has 12 heteroatoms. The number of benzene rings is 2. The number of nitrogens with two attached hydrogens (primary N) is 1. The third kappa shape index (κ3) is 5.30. The second-order valence-electron chi connectivity index (χ2n) is 8.60. The Labute approximate surface area is 214 Å². The SMILES string of the molecule is C#CCn1c(=NC(=O)c2ccc(S(=O)(=O)N(C)C3CCCCC3)cc2)sc2cc(S(N)(=O)=O)ccc21. The number of primary sulfonamides is 1. The van der Waals surface area contributed by atoms with Crippen LogP contribution in [0.4, 0.5) is 0 Å². The Balaban J connectivity index is 1.65. The zero-order valence-corrected chi connectivity index (χ0v) is 22.1. The molecule has 2 aromatic carbocycles. The van der Waals surface area contributed by atoms with Crippen LogP contribution in [0.1, 0.15) is 42.5 Å². The summed E-state index contributed by atoms with van der Waals surface area (Å²) in [5.74, 6) is 1.93. The van der Waals surface area contributed by atoms with Gasteiger partial charge in [-0.3, -0.25) is 4.79 Å². The highest BCUT2D eigenvalue weighted by molar-refractivity contribution is 7.89. The molecule has 0 spiro atoms. The fourth-order valence-electron chi connectivity index (χ4n) is 4.29. The monoisotopic (exact) mass is 546 g/mol. The number of thiazole rings is 1. The van der Waals surface area contributed by atoms with Crippen LogP contribution in [0.25, 0.3) is 10.2 Å². The van der Waals surface area contributed by atoms with Crippen LogP contribution in [0.2, 0.25) is 0 Å². The highest BCUT2D eigenvalue weighted by atomic mass is 32.2. The van der Waals surface area contributed by atoms with Gasteiger partial charge in [0, 0.05) is 18.7 Å². The molecule has 2 N–H and O–H groups in total. The maximum atomic E-state index is 13.1. The van der Waals surface area contributed by atoms with Crippen molar-refractivity contribution in [3.05, 3.63) is 52.8 Å². The van der Waals surface area contributed by atoms with Gasteiger partial charge in [0.1, 0.15) is 0 Å². The number of hydrogen-bond acceptors (Lipinski definition) is 6. The van der Waals surface area contributed by atoms with Gasteiger partial charge in [-0.05, 0) is 55.3 Å². The lowest BCUT2D eigenvalue weighted by molar-refractivity contribution is 0.0997. The minimum atomic E-state index is -3.90. The quantitative estimate of drug-likeness (QED) is 0.475. The van der Waals surface area contributed by atoms with Gasteiger partial charge in [-0.2, -0.15) is 9.30 Å². The molecular weight excluding hydrogens is 520 g/mol. The van der Waals surface area contributed by atoms with Crippen molar-refractivity contribution in [3.63, 3.8) is 0 Å². The molecule has 1 heterocycles. The van der Waals surface area contributed by atoms with Crippen LogP contribution in [0.3, 0.4) is 0 Å². The summed E-state index contributed by atoms with van der Waals surface area (Å²) in [5, 5.41) is 5.23. The topological polar surface area (TPSA) is 132 Å². The molecule has 9 nitrogen and oxygen atoms in total. The Morgan fingerprint density at radius 1 is 1.11 bits per heavy atom. The lowest BCUT2D eigenvalue weighted by Crippen LogP contribution is -2.38. The van der Waals surface area contributed by atoms with Gasteiger partial charge < -0.3 is 4.57 Å². The van der Waals surface area contributed by atoms with Crippen LogP contribution >= 0.6 is 11.3 Å². The first-order chi connectivity index (χ1) is 17.0. The van der Waals surface area contributed by atoms with Crippen molar-refractivity contribution in [2.45, 2.75) is 54.5 Å². The minimum absolute atomic E-state index is 0.0191. The number of carbonyl (C=O) groups excluding carboxylic acids is 1. The Morgan fingerprint density at radius 2 is 1.75 bits per heavy atom. The molecule has 1 aromatic heterocycles. The van der Waals surface area contributed by atoms with Crippen LogP contribution in [-0.4, -0.2) is 44.7 Å². The fraction of sp³-hybridized carbons (Fsp3) is 0.333. The van der Waals surface area contributed by atoms with Gasteiger partial charge >= 0.3 is 0 Å². The Bertz CT molecular complexity index is 1620. The Kier molecular flexibility index (Phi) is 7.49. The van der Waals surface area contributed by atoms with Gasteiger partial charge in [0.15, 0.2) is 4.80 Å². The summed E-state index contributed by atoms with van der Waals surface area (Å²) in [5.41, 5.74) is 0.827. The fourth-order valence-corrected chi connectivity index (χ4v) is 7.39. The summed E-state index contributed by atoms with van der Waals surface area (Å²) >= 11 is 1.10. The molecule has 0 unspecified atom stereocenters. The zero-order valence-electron chi connectivity index (χ0n) is 19.6. The van der Waals surface area contributed by atoms with Gasteiger partial charge in [-0.1, -0.05) is 36.5 Å². The van der Waals surface area contributed by atoms with E-state index in [4.69, 9.17) is 11.6 Å². The molecule has 0 atom stereocenters. The first-order valence-electron chi connectivity index (χ1n) is 11.3. The Hall–Kier alpha value is -2.82. The molecule has 1 fully saturated rings. The van der Waals surface area contributed by atoms with Crippen molar-refractivity contribution in [3.8, 4) is 12.3 Å². The molecule has 1 amide bonds. The van der Waals surface area contributed by atoms with Crippen molar-refractivity contribution in [1.82, 2.24) is 8.87 Å². The molecule has 0 bridgehead atoms. The summed E-state index contributed by atoms with van der Waals surface area (Å²) in [4.78, 5) is 17.4. The summed E-state index contributed by atoms with van der Waals surface area (Å²) in [6, 6.07) is 10.0. The highest BCUT2D eigenvalue weighted by Gasteiger charge is 2.29. The van der Waals surface area contributed by atoms with E-state index in [-0.39, 0.29) is 32.7 Å². The number of rotatable bonds is 6. The summed E-state index contributed by atoms with van der Waals surface area (Å²) in [6.45, 7) is 0.117. The Morgan fingerprint density at radius 3 is 2.36 bits per heavy atom. The van der Waals surface area contributed by atoms with Crippen LogP contribution in [0, 0.1) is 12.3 Å². The van der Waals surface area contributed by atoms with E-state index in [9.17, 15) is 21.6 Å². The number of aromatic nitrogens is 1. The number of terminal acetylenes is 1. The van der Waals surface area contributed by atoms with Gasteiger partial charge in [0.2, 0.25) is 20.0 Å². The molecule has 1 aliphatic carbocycles. The van der Waals surface area contributed by atoms with E-state index < -0.39 is 26.0 Å². The molecule has 1 aliphatic rings. The summed E-state index contributed by atoms with van der Waals surface area (Å²) in [7, 11) is -5.97. The van der Waals surface area contributed by atoms with E-state index in [0.29, 0.717) is 10.2 Å². The second-order valence-corrected chi connectivity index (χ2v) is 13.2. The lowest BCUT2D eigenvalue weighted by Gasteiger charge is -2.30. The summed E-state index contributed by atoms with van der Waals surface area (Å²) in [6.07, 6.45) is 10.3. The molecule has 0 aliphatic heterocycles.